The Morgan fingerprint density at radius 2 is 1.70 bits per heavy atom. The molecular formula is C31H29N5O4. The summed E-state index contributed by atoms with van der Waals surface area (Å²) >= 11 is 0. The summed E-state index contributed by atoms with van der Waals surface area (Å²) < 4.78 is 1.70. The SMILES string of the molecule is Cc1cc(C(=O)Nc2ccc(C(=O)c3ccc4c(C=Nc5cccc(O)c5)c(O)[nH]c4c3)cc2)n(C(C)(C)C)n1. The van der Waals surface area contributed by atoms with E-state index in [1.54, 1.807) is 71.4 Å². The number of aryl methyl sites for hydroxylation is 1. The topological polar surface area (TPSA) is 133 Å². The molecule has 1 amide bonds. The van der Waals surface area contributed by atoms with Crippen molar-refractivity contribution in [3.8, 4) is 11.6 Å². The lowest BCUT2D eigenvalue weighted by Crippen LogP contribution is -2.29. The molecule has 202 valence electrons. The summed E-state index contributed by atoms with van der Waals surface area (Å²) in [5.41, 5.74) is 3.89. The molecule has 9 nitrogen and oxygen atoms in total. The number of nitrogens with zero attached hydrogens (tertiary/aromatic N) is 3. The fraction of sp³-hybridized carbons (Fsp3) is 0.161. The summed E-state index contributed by atoms with van der Waals surface area (Å²) in [7, 11) is 0. The first-order valence-electron chi connectivity index (χ1n) is 12.7. The van der Waals surface area contributed by atoms with Crippen molar-refractivity contribution in [2.24, 2.45) is 4.99 Å². The second-order valence-electron chi connectivity index (χ2n) is 10.5. The van der Waals surface area contributed by atoms with Gasteiger partial charge in [-0.2, -0.15) is 5.10 Å². The molecule has 5 aromatic rings. The maximum absolute atomic E-state index is 13.2. The van der Waals surface area contributed by atoms with Gasteiger partial charge in [-0.05, 0) is 76.2 Å². The van der Waals surface area contributed by atoms with Crippen LogP contribution in [-0.4, -0.2) is 42.9 Å². The van der Waals surface area contributed by atoms with Crippen LogP contribution in [0.15, 0.2) is 77.8 Å². The molecular weight excluding hydrogens is 506 g/mol. The van der Waals surface area contributed by atoms with Crippen LogP contribution in [0.3, 0.4) is 0 Å². The van der Waals surface area contributed by atoms with E-state index in [9.17, 15) is 19.8 Å². The average molecular weight is 536 g/mol. The molecule has 3 aromatic carbocycles. The third kappa shape index (κ3) is 5.35. The van der Waals surface area contributed by atoms with Crippen molar-refractivity contribution < 1.29 is 19.8 Å². The van der Waals surface area contributed by atoms with Crippen LogP contribution in [0, 0.1) is 6.92 Å². The van der Waals surface area contributed by atoms with Gasteiger partial charge in [0, 0.05) is 40.0 Å². The highest BCUT2D eigenvalue weighted by molar-refractivity contribution is 6.12. The molecule has 0 radical (unpaired) electrons. The summed E-state index contributed by atoms with van der Waals surface area (Å²) in [6, 6.07) is 20.0. The van der Waals surface area contributed by atoms with Gasteiger partial charge in [0.25, 0.3) is 5.91 Å². The van der Waals surface area contributed by atoms with Gasteiger partial charge in [-0.15, -0.1) is 0 Å². The van der Waals surface area contributed by atoms with Crippen molar-refractivity contribution in [1.82, 2.24) is 14.8 Å². The second kappa shape index (κ2) is 10.2. The highest BCUT2D eigenvalue weighted by atomic mass is 16.3. The number of aromatic hydroxyl groups is 2. The molecule has 0 spiro atoms. The number of carbonyl (C=O) groups excluding carboxylic acids is 2. The standard InChI is InChI=1S/C31H29N5O4/c1-18-14-27(36(35-18)31(2,3)4)30(40)33-21-11-8-19(9-12-21)28(38)20-10-13-24-25(29(39)34-26(24)15-20)17-32-22-6-5-7-23(37)16-22/h5-17,34,37,39H,1-4H3,(H,33,40). The third-order valence-electron chi connectivity index (χ3n) is 6.36. The maximum Gasteiger partial charge on any atom is 0.273 e. The van der Waals surface area contributed by atoms with Crippen molar-refractivity contribution >= 4 is 40.2 Å². The lowest BCUT2D eigenvalue weighted by Gasteiger charge is -2.22. The van der Waals surface area contributed by atoms with Crippen molar-refractivity contribution in [2.75, 3.05) is 5.32 Å². The molecule has 9 heteroatoms. The predicted octanol–water partition coefficient (Wildman–Crippen LogP) is 6.07. The van der Waals surface area contributed by atoms with Crippen molar-refractivity contribution in [2.45, 2.75) is 33.2 Å². The Morgan fingerprint density at radius 3 is 2.40 bits per heavy atom. The fourth-order valence-corrected chi connectivity index (χ4v) is 4.43. The monoisotopic (exact) mass is 535 g/mol. The first-order valence-corrected chi connectivity index (χ1v) is 12.7. The van der Waals surface area contributed by atoms with Gasteiger partial charge in [0.1, 0.15) is 11.4 Å². The molecule has 0 aliphatic rings. The number of phenols is 1. The summed E-state index contributed by atoms with van der Waals surface area (Å²) in [4.78, 5) is 33.4. The second-order valence-corrected chi connectivity index (χ2v) is 10.5. The van der Waals surface area contributed by atoms with Crippen LogP contribution in [0.25, 0.3) is 10.9 Å². The van der Waals surface area contributed by atoms with Gasteiger partial charge in [-0.25, -0.2) is 0 Å². The van der Waals surface area contributed by atoms with Gasteiger partial charge < -0.3 is 20.5 Å². The molecule has 0 saturated carbocycles. The summed E-state index contributed by atoms with van der Waals surface area (Å²) in [5.74, 6) is -0.466. The van der Waals surface area contributed by atoms with E-state index >= 15 is 0 Å². The van der Waals surface area contributed by atoms with Crippen LogP contribution >= 0.6 is 0 Å². The summed E-state index contributed by atoms with van der Waals surface area (Å²) in [6.07, 6.45) is 1.51. The largest absolute Gasteiger partial charge is 0.508 e. The molecule has 4 N–H and O–H groups in total. The lowest BCUT2D eigenvalue weighted by molar-refractivity contribution is 0.100. The Labute approximate surface area is 230 Å². The number of amides is 1. The molecule has 0 atom stereocenters. The third-order valence-corrected chi connectivity index (χ3v) is 6.36. The minimum absolute atomic E-state index is 0.0772. The Kier molecular flexibility index (Phi) is 6.73. The number of hydrogen-bond donors (Lipinski definition) is 4. The predicted molar refractivity (Wildman–Crippen MR) is 155 cm³/mol. The maximum atomic E-state index is 13.2. The number of aromatic amines is 1. The smallest absolute Gasteiger partial charge is 0.273 e. The van der Waals surface area contributed by atoms with Crippen molar-refractivity contribution in [3.63, 3.8) is 0 Å². The van der Waals surface area contributed by atoms with Gasteiger partial charge in [0.05, 0.1) is 22.5 Å². The zero-order chi connectivity index (χ0) is 28.6. The van der Waals surface area contributed by atoms with Gasteiger partial charge in [-0.1, -0.05) is 18.2 Å². The van der Waals surface area contributed by atoms with E-state index in [0.29, 0.717) is 44.7 Å². The van der Waals surface area contributed by atoms with Gasteiger partial charge in [0.15, 0.2) is 11.7 Å². The highest BCUT2D eigenvalue weighted by Crippen LogP contribution is 2.29. The van der Waals surface area contributed by atoms with E-state index in [4.69, 9.17) is 0 Å². The van der Waals surface area contributed by atoms with Crippen LogP contribution in [0.5, 0.6) is 11.6 Å². The normalized spacial score (nSPS) is 11.8. The first-order chi connectivity index (χ1) is 19.0. The zero-order valence-corrected chi connectivity index (χ0v) is 22.6. The van der Waals surface area contributed by atoms with E-state index in [0.717, 1.165) is 5.69 Å². The molecule has 0 saturated heterocycles. The van der Waals surface area contributed by atoms with Crippen molar-refractivity contribution in [3.05, 3.63) is 101 Å². The quantitative estimate of drug-likeness (QED) is 0.155. The lowest BCUT2D eigenvalue weighted by atomic mass is 10.0. The Bertz CT molecular complexity index is 1770. The molecule has 2 heterocycles. The number of ketones is 1. The van der Waals surface area contributed by atoms with Gasteiger partial charge >= 0.3 is 0 Å². The number of rotatable bonds is 6. The number of H-pyrrole nitrogens is 1. The Morgan fingerprint density at radius 1 is 0.975 bits per heavy atom. The average Bonchev–Trinajstić information content (AvgIpc) is 3.46. The molecule has 2 aromatic heterocycles. The van der Waals surface area contributed by atoms with Crippen LogP contribution in [0.2, 0.25) is 0 Å². The van der Waals surface area contributed by atoms with Crippen LogP contribution in [0.4, 0.5) is 11.4 Å². The van der Waals surface area contributed by atoms with Crippen LogP contribution in [-0.2, 0) is 5.54 Å². The van der Waals surface area contributed by atoms with E-state index in [2.05, 4.69) is 20.4 Å². The number of nitrogens with one attached hydrogen (secondary N) is 2. The van der Waals surface area contributed by atoms with E-state index in [1.165, 1.54) is 12.3 Å². The van der Waals surface area contributed by atoms with Crippen LogP contribution < -0.4 is 5.32 Å². The number of aliphatic imine (C=N–C) groups is 1. The summed E-state index contributed by atoms with van der Waals surface area (Å²) in [6.45, 7) is 7.78. The zero-order valence-electron chi connectivity index (χ0n) is 22.6. The molecule has 0 bridgehead atoms. The molecule has 40 heavy (non-hydrogen) atoms. The summed E-state index contributed by atoms with van der Waals surface area (Å²) in [5, 5.41) is 28.1. The minimum atomic E-state index is -0.353. The van der Waals surface area contributed by atoms with E-state index < -0.39 is 0 Å². The van der Waals surface area contributed by atoms with E-state index in [-0.39, 0.29) is 28.9 Å². The molecule has 0 aliphatic heterocycles. The number of carbonyl (C=O) groups is 2. The fourth-order valence-electron chi connectivity index (χ4n) is 4.43. The number of hydrogen-bond acceptors (Lipinski definition) is 6. The molecule has 5 rings (SSSR count). The Balaban J connectivity index is 1.33. The number of aromatic nitrogens is 3. The Hall–Kier alpha value is -5.18. The molecule has 0 aliphatic carbocycles. The first kappa shape index (κ1) is 26.4. The molecule has 0 fully saturated rings. The number of phenolic OH excluding ortho intramolecular Hbond substituents is 1. The molecule has 0 unspecified atom stereocenters. The number of fused-ring (bicyclic) bond motifs is 1. The van der Waals surface area contributed by atoms with Gasteiger partial charge in [0.2, 0.25) is 0 Å². The van der Waals surface area contributed by atoms with Gasteiger partial charge in [-0.3, -0.25) is 19.3 Å². The highest BCUT2D eigenvalue weighted by Gasteiger charge is 2.23. The number of anilines is 1. The minimum Gasteiger partial charge on any atom is -0.508 e. The number of benzene rings is 3. The van der Waals surface area contributed by atoms with Crippen molar-refractivity contribution in [1.29, 1.82) is 0 Å². The van der Waals surface area contributed by atoms with E-state index in [1.807, 2.05) is 27.7 Å². The van der Waals surface area contributed by atoms with Crippen LogP contribution in [0.1, 0.15) is 58.4 Å².